The van der Waals surface area contributed by atoms with Gasteiger partial charge >= 0.3 is 0 Å². The van der Waals surface area contributed by atoms with Crippen LogP contribution < -0.4 is 10.1 Å². The van der Waals surface area contributed by atoms with Crippen molar-refractivity contribution in [2.45, 2.75) is 20.4 Å². The predicted molar refractivity (Wildman–Crippen MR) is 113 cm³/mol. The molecule has 0 bridgehead atoms. The Morgan fingerprint density at radius 3 is 2.53 bits per heavy atom. The summed E-state index contributed by atoms with van der Waals surface area (Å²) in [6.07, 6.45) is 0. The van der Waals surface area contributed by atoms with Crippen molar-refractivity contribution in [1.82, 2.24) is 15.1 Å². The molecule has 1 aromatic heterocycles. The Hall–Kier alpha value is -3.45. The normalized spacial score (nSPS) is 10.6. The molecule has 1 amide bonds. The molecule has 3 rings (SSSR count). The number of nitrogens with one attached hydrogen (secondary N) is 1. The topological polar surface area (TPSA) is 82.4 Å². The number of methoxy groups -OCH3 is 1. The van der Waals surface area contributed by atoms with Crippen molar-refractivity contribution < 1.29 is 19.1 Å². The fourth-order valence-electron chi connectivity index (χ4n) is 3.16. The number of rotatable bonds is 9. The molecule has 0 saturated carbocycles. The molecule has 0 aliphatic heterocycles. The smallest absolute Gasteiger partial charge is 0.292 e. The number of hydrogen-bond donors (Lipinski definition) is 1. The molecule has 0 aliphatic rings. The number of aromatic nitrogens is 2. The summed E-state index contributed by atoms with van der Waals surface area (Å²) in [6.45, 7) is 4.67. The van der Waals surface area contributed by atoms with Crippen molar-refractivity contribution >= 4 is 11.7 Å². The van der Waals surface area contributed by atoms with E-state index in [4.69, 9.17) is 9.47 Å². The van der Waals surface area contributed by atoms with Crippen LogP contribution in [0.25, 0.3) is 5.69 Å². The molecule has 7 heteroatoms. The van der Waals surface area contributed by atoms with Crippen molar-refractivity contribution in [2.75, 3.05) is 20.3 Å². The van der Waals surface area contributed by atoms with Gasteiger partial charge in [-0.05, 0) is 43.7 Å². The van der Waals surface area contributed by atoms with E-state index in [0.29, 0.717) is 35.9 Å². The minimum atomic E-state index is -0.667. The Morgan fingerprint density at radius 2 is 1.80 bits per heavy atom. The number of Topliss-reactive ketones (excluding diaryl/α,β-unsaturated/α-hetero) is 1. The van der Waals surface area contributed by atoms with E-state index in [-0.39, 0.29) is 6.54 Å². The highest BCUT2D eigenvalue weighted by molar-refractivity contribution is 6.43. The lowest BCUT2D eigenvalue weighted by atomic mass is 10.1. The third-order valence-electron chi connectivity index (χ3n) is 4.63. The first-order valence-corrected chi connectivity index (χ1v) is 9.66. The predicted octanol–water partition coefficient (Wildman–Crippen LogP) is 3.01. The van der Waals surface area contributed by atoms with Gasteiger partial charge in [0.05, 0.1) is 29.2 Å². The number of para-hydroxylation sites is 1. The molecular weight excluding hydrogens is 382 g/mol. The molecule has 3 aromatic rings. The third kappa shape index (κ3) is 4.93. The van der Waals surface area contributed by atoms with E-state index in [1.165, 1.54) is 0 Å². The molecule has 1 heterocycles. The number of hydrogen-bond acceptors (Lipinski definition) is 5. The number of aryl methyl sites for hydroxylation is 1. The van der Waals surface area contributed by atoms with Crippen LogP contribution in [0.5, 0.6) is 5.75 Å². The lowest BCUT2D eigenvalue weighted by Crippen LogP contribution is -2.31. The van der Waals surface area contributed by atoms with Gasteiger partial charge in [0.25, 0.3) is 11.7 Å². The highest BCUT2D eigenvalue weighted by Gasteiger charge is 2.24. The van der Waals surface area contributed by atoms with Crippen LogP contribution in [0.3, 0.4) is 0 Å². The van der Waals surface area contributed by atoms with Gasteiger partial charge in [0.2, 0.25) is 0 Å². The molecule has 0 aliphatic carbocycles. The van der Waals surface area contributed by atoms with Gasteiger partial charge in [-0.1, -0.05) is 30.3 Å². The minimum Gasteiger partial charge on any atom is -0.491 e. The summed E-state index contributed by atoms with van der Waals surface area (Å²) in [5.41, 5.74) is 3.15. The monoisotopic (exact) mass is 407 g/mol. The second kappa shape index (κ2) is 9.84. The first-order chi connectivity index (χ1) is 14.5. The van der Waals surface area contributed by atoms with Crippen molar-refractivity contribution in [2.24, 2.45) is 0 Å². The maximum Gasteiger partial charge on any atom is 0.292 e. The van der Waals surface area contributed by atoms with Crippen LogP contribution in [-0.4, -0.2) is 41.8 Å². The maximum absolute atomic E-state index is 12.8. The molecule has 156 valence electrons. The van der Waals surface area contributed by atoms with Crippen LogP contribution in [0.4, 0.5) is 0 Å². The van der Waals surface area contributed by atoms with Crippen LogP contribution in [0, 0.1) is 13.8 Å². The third-order valence-corrected chi connectivity index (χ3v) is 4.63. The quantitative estimate of drug-likeness (QED) is 0.335. The number of benzene rings is 2. The Morgan fingerprint density at radius 1 is 1.03 bits per heavy atom. The lowest BCUT2D eigenvalue weighted by Gasteiger charge is -2.09. The van der Waals surface area contributed by atoms with Crippen LogP contribution in [-0.2, 0) is 16.1 Å². The van der Waals surface area contributed by atoms with E-state index in [0.717, 1.165) is 11.3 Å². The molecule has 2 aromatic carbocycles. The number of nitrogens with zero attached hydrogens (tertiary/aromatic N) is 2. The van der Waals surface area contributed by atoms with Crippen molar-refractivity contribution in [3.05, 3.63) is 77.1 Å². The molecule has 0 unspecified atom stereocenters. The van der Waals surface area contributed by atoms with Crippen molar-refractivity contribution in [3.63, 3.8) is 0 Å². The van der Waals surface area contributed by atoms with E-state index < -0.39 is 11.7 Å². The zero-order chi connectivity index (χ0) is 21.5. The zero-order valence-corrected chi connectivity index (χ0v) is 17.3. The van der Waals surface area contributed by atoms with Crippen LogP contribution in [0.15, 0.2) is 54.6 Å². The van der Waals surface area contributed by atoms with E-state index in [1.54, 1.807) is 25.6 Å². The van der Waals surface area contributed by atoms with Gasteiger partial charge < -0.3 is 14.8 Å². The van der Waals surface area contributed by atoms with Gasteiger partial charge in [-0.25, -0.2) is 4.68 Å². The largest absolute Gasteiger partial charge is 0.491 e. The van der Waals surface area contributed by atoms with Gasteiger partial charge in [0, 0.05) is 13.7 Å². The van der Waals surface area contributed by atoms with Gasteiger partial charge in [0.1, 0.15) is 12.4 Å². The molecule has 0 fully saturated rings. The molecule has 1 N–H and O–H groups in total. The average molecular weight is 407 g/mol. The minimum absolute atomic E-state index is 0.219. The molecule has 0 spiro atoms. The average Bonchev–Trinajstić information content (AvgIpc) is 3.06. The highest BCUT2D eigenvalue weighted by Crippen LogP contribution is 2.19. The summed E-state index contributed by atoms with van der Waals surface area (Å²) < 4.78 is 12.2. The van der Waals surface area contributed by atoms with E-state index >= 15 is 0 Å². The SMILES string of the molecule is COCCOc1cccc(CNC(=O)C(=O)c2c(C)nn(-c3ccccc3)c2C)c1. The summed E-state index contributed by atoms with van der Waals surface area (Å²) in [5.74, 6) is -0.583. The molecular formula is C23H25N3O4. The van der Waals surface area contributed by atoms with Gasteiger partial charge in [-0.15, -0.1) is 0 Å². The lowest BCUT2D eigenvalue weighted by molar-refractivity contribution is -0.117. The second-order valence-electron chi connectivity index (χ2n) is 6.79. The zero-order valence-electron chi connectivity index (χ0n) is 17.3. The molecule has 7 nitrogen and oxygen atoms in total. The van der Waals surface area contributed by atoms with Gasteiger partial charge in [0.15, 0.2) is 0 Å². The Bertz CT molecular complexity index is 1030. The fraction of sp³-hybridized carbons (Fsp3) is 0.261. The van der Waals surface area contributed by atoms with Gasteiger partial charge in [-0.2, -0.15) is 5.10 Å². The highest BCUT2D eigenvalue weighted by atomic mass is 16.5. The second-order valence-corrected chi connectivity index (χ2v) is 6.79. The summed E-state index contributed by atoms with van der Waals surface area (Å²) >= 11 is 0. The van der Waals surface area contributed by atoms with Crippen LogP contribution in [0.1, 0.15) is 27.3 Å². The van der Waals surface area contributed by atoms with Crippen molar-refractivity contribution in [1.29, 1.82) is 0 Å². The number of carbonyl (C=O) groups excluding carboxylic acids is 2. The maximum atomic E-state index is 12.8. The molecule has 0 saturated heterocycles. The summed E-state index contributed by atoms with van der Waals surface area (Å²) in [7, 11) is 1.61. The Labute approximate surface area is 175 Å². The van der Waals surface area contributed by atoms with Crippen LogP contribution in [0.2, 0.25) is 0 Å². The number of ether oxygens (including phenoxy) is 2. The van der Waals surface area contributed by atoms with Crippen LogP contribution >= 0.6 is 0 Å². The van der Waals surface area contributed by atoms with Gasteiger partial charge in [-0.3, -0.25) is 9.59 Å². The number of ketones is 1. The molecule has 0 radical (unpaired) electrons. The summed E-state index contributed by atoms with van der Waals surface area (Å²) in [5, 5.41) is 7.13. The Kier molecular flexibility index (Phi) is 6.98. The van der Waals surface area contributed by atoms with E-state index in [2.05, 4.69) is 10.4 Å². The van der Waals surface area contributed by atoms with E-state index in [9.17, 15) is 9.59 Å². The fourth-order valence-corrected chi connectivity index (χ4v) is 3.16. The standard InChI is InChI=1S/C23H25N3O4/c1-16-21(17(2)26(25-16)19-9-5-4-6-10-19)22(27)23(28)24-15-18-8-7-11-20(14-18)30-13-12-29-3/h4-11,14H,12-13,15H2,1-3H3,(H,24,28). The number of carbonyl (C=O) groups is 2. The first-order valence-electron chi connectivity index (χ1n) is 9.66. The molecule has 0 atom stereocenters. The van der Waals surface area contributed by atoms with E-state index in [1.807, 2.05) is 54.6 Å². The molecule has 30 heavy (non-hydrogen) atoms. The van der Waals surface area contributed by atoms with Crippen molar-refractivity contribution in [3.8, 4) is 11.4 Å². The summed E-state index contributed by atoms with van der Waals surface area (Å²) in [6, 6.07) is 16.8. The Balaban J connectivity index is 1.68. The summed E-state index contributed by atoms with van der Waals surface area (Å²) in [4.78, 5) is 25.3. The first kappa shape index (κ1) is 21.3. The number of amides is 1.